The van der Waals surface area contributed by atoms with Crippen LogP contribution in [0.1, 0.15) is 18.4 Å². The third-order valence-electron chi connectivity index (χ3n) is 2.80. The summed E-state index contributed by atoms with van der Waals surface area (Å²) in [6.45, 7) is 2.56. The zero-order valence-corrected chi connectivity index (χ0v) is 9.92. The highest BCUT2D eigenvalue weighted by Gasteiger charge is 2.17. The van der Waals surface area contributed by atoms with E-state index in [9.17, 15) is 9.50 Å². The number of likely N-dealkylation sites (tertiary alicyclic amines) is 1. The first-order valence-corrected chi connectivity index (χ1v) is 5.39. The fourth-order valence-corrected chi connectivity index (χ4v) is 2.02. The number of hydrogen-bond acceptors (Lipinski definition) is 2. The lowest BCUT2D eigenvalue weighted by Gasteiger charge is -2.29. The number of β-amino-alcohol motifs (C(OH)–C–C–N with tert-alkyl or cyclic N) is 1. The fraction of sp³-hybridized carbons (Fsp3) is 0.500. The largest absolute Gasteiger partial charge is 0.392 e. The topological polar surface area (TPSA) is 23.5 Å². The zero-order chi connectivity index (χ0) is 10.7. The molecule has 0 bridgehead atoms. The van der Waals surface area contributed by atoms with Gasteiger partial charge in [0.2, 0.25) is 0 Å². The molecule has 16 heavy (non-hydrogen) atoms. The van der Waals surface area contributed by atoms with Crippen LogP contribution in [0.4, 0.5) is 4.39 Å². The van der Waals surface area contributed by atoms with Crippen LogP contribution < -0.4 is 0 Å². The molecule has 1 aliphatic rings. The van der Waals surface area contributed by atoms with E-state index in [4.69, 9.17) is 0 Å². The maximum Gasteiger partial charge on any atom is 0.123 e. The average Bonchev–Trinajstić information content (AvgIpc) is 2.22. The van der Waals surface area contributed by atoms with Gasteiger partial charge in [-0.2, -0.15) is 0 Å². The molecule has 90 valence electrons. The molecule has 2 rings (SSSR count). The van der Waals surface area contributed by atoms with Gasteiger partial charge in [-0.05, 0) is 37.1 Å². The van der Waals surface area contributed by atoms with Gasteiger partial charge in [0.15, 0.2) is 0 Å². The summed E-state index contributed by atoms with van der Waals surface area (Å²) in [7, 11) is 0. The summed E-state index contributed by atoms with van der Waals surface area (Å²) in [5.41, 5.74) is 1.10. The smallest absolute Gasteiger partial charge is 0.123 e. The summed E-state index contributed by atoms with van der Waals surface area (Å²) >= 11 is 0. The Bertz CT molecular complexity index is 317. The van der Waals surface area contributed by atoms with Gasteiger partial charge >= 0.3 is 0 Å². The molecule has 0 radical (unpaired) electrons. The van der Waals surface area contributed by atoms with Gasteiger partial charge in [0.25, 0.3) is 0 Å². The number of halogens is 2. The van der Waals surface area contributed by atoms with Crippen LogP contribution >= 0.6 is 12.4 Å². The second kappa shape index (κ2) is 6.18. The van der Waals surface area contributed by atoms with Gasteiger partial charge in [0, 0.05) is 13.1 Å². The number of aliphatic hydroxyl groups is 1. The normalized spacial score (nSPS) is 21.5. The second-order valence-electron chi connectivity index (χ2n) is 4.16. The van der Waals surface area contributed by atoms with Gasteiger partial charge < -0.3 is 5.11 Å². The minimum Gasteiger partial charge on any atom is -0.392 e. The van der Waals surface area contributed by atoms with Gasteiger partial charge in [-0.15, -0.1) is 12.4 Å². The highest BCUT2D eigenvalue weighted by molar-refractivity contribution is 5.85. The molecule has 0 aromatic heterocycles. The van der Waals surface area contributed by atoms with Crippen molar-refractivity contribution >= 4 is 12.4 Å². The first-order chi connectivity index (χ1) is 7.24. The minimum absolute atomic E-state index is 0. The number of rotatable bonds is 2. The number of benzene rings is 1. The Morgan fingerprint density at radius 1 is 1.31 bits per heavy atom. The molecule has 0 amide bonds. The summed E-state index contributed by atoms with van der Waals surface area (Å²) in [6.07, 6.45) is 1.75. The zero-order valence-electron chi connectivity index (χ0n) is 9.10. The summed E-state index contributed by atoms with van der Waals surface area (Å²) in [6, 6.07) is 6.57. The molecule has 1 heterocycles. The van der Waals surface area contributed by atoms with Crippen LogP contribution in [-0.2, 0) is 6.54 Å². The lowest BCUT2D eigenvalue weighted by Crippen LogP contribution is -2.37. The molecule has 1 N–H and O–H groups in total. The molecule has 1 saturated heterocycles. The van der Waals surface area contributed by atoms with E-state index in [1.165, 1.54) is 12.1 Å². The standard InChI is InChI=1S/C12H16FNO.ClH/c13-11-5-3-10(4-6-11)8-14-7-1-2-12(15)9-14;/h3-6,12,15H,1-2,7-9H2;1H. The Labute approximate surface area is 101 Å². The van der Waals surface area contributed by atoms with Crippen LogP contribution in [0.15, 0.2) is 24.3 Å². The first-order valence-electron chi connectivity index (χ1n) is 5.39. The van der Waals surface area contributed by atoms with Gasteiger partial charge in [-0.25, -0.2) is 4.39 Å². The third-order valence-corrected chi connectivity index (χ3v) is 2.80. The first kappa shape index (κ1) is 13.4. The maximum atomic E-state index is 12.7. The second-order valence-corrected chi connectivity index (χ2v) is 4.16. The molecule has 1 unspecified atom stereocenters. The van der Waals surface area contributed by atoms with Crippen molar-refractivity contribution in [2.24, 2.45) is 0 Å². The fourth-order valence-electron chi connectivity index (χ4n) is 2.02. The van der Waals surface area contributed by atoms with E-state index >= 15 is 0 Å². The highest BCUT2D eigenvalue weighted by atomic mass is 35.5. The van der Waals surface area contributed by atoms with Crippen LogP contribution in [-0.4, -0.2) is 29.2 Å². The maximum absolute atomic E-state index is 12.7. The lowest BCUT2D eigenvalue weighted by atomic mass is 10.1. The Morgan fingerprint density at radius 3 is 2.62 bits per heavy atom. The van der Waals surface area contributed by atoms with E-state index in [2.05, 4.69) is 4.90 Å². The Kier molecular flexibility index (Phi) is 5.19. The Balaban J connectivity index is 0.00000128. The van der Waals surface area contributed by atoms with Crippen LogP contribution in [0.25, 0.3) is 0 Å². The van der Waals surface area contributed by atoms with Crippen LogP contribution in [0.5, 0.6) is 0 Å². The summed E-state index contributed by atoms with van der Waals surface area (Å²) in [4.78, 5) is 2.21. The molecule has 0 aliphatic carbocycles. The van der Waals surface area contributed by atoms with Crippen molar-refractivity contribution in [3.63, 3.8) is 0 Å². The van der Waals surface area contributed by atoms with Crippen LogP contribution in [0, 0.1) is 5.82 Å². The van der Waals surface area contributed by atoms with Crippen molar-refractivity contribution in [1.29, 1.82) is 0 Å². The minimum atomic E-state index is -0.197. The molecule has 4 heteroatoms. The summed E-state index contributed by atoms with van der Waals surface area (Å²) < 4.78 is 12.7. The predicted molar refractivity (Wildman–Crippen MR) is 64.2 cm³/mol. The summed E-state index contributed by atoms with van der Waals surface area (Å²) in [5.74, 6) is -0.197. The Hall–Kier alpha value is -0.640. The molecule has 0 saturated carbocycles. The number of nitrogens with zero attached hydrogens (tertiary/aromatic N) is 1. The SMILES string of the molecule is Cl.OC1CCCN(Cc2ccc(F)cc2)C1. The van der Waals surface area contributed by atoms with E-state index in [1.807, 2.05) is 0 Å². The monoisotopic (exact) mass is 245 g/mol. The van der Waals surface area contributed by atoms with Gasteiger partial charge in [0.05, 0.1) is 6.10 Å². The molecular weight excluding hydrogens is 229 g/mol. The molecule has 0 spiro atoms. The number of piperidine rings is 1. The molecule has 2 nitrogen and oxygen atoms in total. The van der Waals surface area contributed by atoms with Crippen molar-refractivity contribution in [3.8, 4) is 0 Å². The van der Waals surface area contributed by atoms with Crippen molar-refractivity contribution in [1.82, 2.24) is 4.90 Å². The van der Waals surface area contributed by atoms with Gasteiger partial charge in [-0.3, -0.25) is 4.90 Å². The van der Waals surface area contributed by atoms with Crippen molar-refractivity contribution < 1.29 is 9.50 Å². The van der Waals surface area contributed by atoms with Crippen molar-refractivity contribution in [2.45, 2.75) is 25.5 Å². The molecule has 1 fully saturated rings. The van der Waals surface area contributed by atoms with Crippen molar-refractivity contribution in [3.05, 3.63) is 35.6 Å². The van der Waals surface area contributed by atoms with Crippen LogP contribution in [0.3, 0.4) is 0 Å². The predicted octanol–water partition coefficient (Wildman–Crippen LogP) is 2.20. The Morgan fingerprint density at radius 2 is 2.00 bits per heavy atom. The summed E-state index contributed by atoms with van der Waals surface area (Å²) in [5, 5.41) is 9.50. The molecule has 1 aromatic rings. The number of aliphatic hydroxyl groups excluding tert-OH is 1. The van der Waals surface area contributed by atoms with Crippen molar-refractivity contribution in [2.75, 3.05) is 13.1 Å². The lowest BCUT2D eigenvalue weighted by molar-refractivity contribution is 0.0668. The van der Waals surface area contributed by atoms with E-state index in [0.29, 0.717) is 0 Å². The number of hydrogen-bond donors (Lipinski definition) is 1. The quantitative estimate of drug-likeness (QED) is 0.864. The van der Waals surface area contributed by atoms with Crippen LogP contribution in [0.2, 0.25) is 0 Å². The molecule has 1 atom stereocenters. The van der Waals surface area contributed by atoms with Gasteiger partial charge in [0.1, 0.15) is 5.82 Å². The van der Waals surface area contributed by atoms with E-state index < -0.39 is 0 Å². The molecule has 1 aromatic carbocycles. The van der Waals surface area contributed by atoms with E-state index in [-0.39, 0.29) is 24.3 Å². The van der Waals surface area contributed by atoms with E-state index in [0.717, 1.165) is 38.0 Å². The highest BCUT2D eigenvalue weighted by Crippen LogP contribution is 2.13. The van der Waals surface area contributed by atoms with E-state index in [1.54, 1.807) is 12.1 Å². The third kappa shape index (κ3) is 3.74. The average molecular weight is 246 g/mol. The van der Waals surface area contributed by atoms with Gasteiger partial charge in [-0.1, -0.05) is 12.1 Å². The molecular formula is C12H17ClFNO. The molecule has 1 aliphatic heterocycles.